The van der Waals surface area contributed by atoms with Crippen molar-refractivity contribution in [3.05, 3.63) is 53.1 Å². The van der Waals surface area contributed by atoms with Gasteiger partial charge in [-0.1, -0.05) is 0 Å². The number of alkyl halides is 3. The fourth-order valence-electron chi connectivity index (χ4n) is 4.17. The lowest BCUT2D eigenvalue weighted by molar-refractivity contribution is -0.138. The van der Waals surface area contributed by atoms with Crippen LogP contribution in [0.5, 0.6) is 0 Å². The summed E-state index contributed by atoms with van der Waals surface area (Å²) < 4.78 is 55.1. The first-order chi connectivity index (χ1) is 16.0. The Labute approximate surface area is 197 Å². The molecule has 1 aromatic carbocycles. The highest BCUT2D eigenvalue weighted by atomic mass is 32.1. The summed E-state index contributed by atoms with van der Waals surface area (Å²) in [5, 5.41) is 11.3. The number of hydrogen-bond acceptors (Lipinski definition) is 5. The van der Waals surface area contributed by atoms with Crippen molar-refractivity contribution in [2.24, 2.45) is 0 Å². The zero-order valence-electron chi connectivity index (χ0n) is 17.7. The van der Waals surface area contributed by atoms with Crippen LogP contribution in [0.4, 0.5) is 28.9 Å². The quantitative estimate of drug-likeness (QED) is 0.515. The number of hydrogen-bond donors (Lipinski definition) is 1. The van der Waals surface area contributed by atoms with E-state index < -0.39 is 40.6 Å². The molecule has 2 aliphatic rings. The molecule has 1 N–H and O–H groups in total. The summed E-state index contributed by atoms with van der Waals surface area (Å²) in [4.78, 5) is 31.4. The van der Waals surface area contributed by atoms with Crippen molar-refractivity contribution < 1.29 is 27.2 Å². The molecule has 1 spiro atoms. The van der Waals surface area contributed by atoms with Crippen molar-refractivity contribution in [1.82, 2.24) is 10.3 Å². The van der Waals surface area contributed by atoms with E-state index in [-0.39, 0.29) is 22.1 Å². The van der Waals surface area contributed by atoms with Crippen LogP contribution in [0, 0.1) is 17.1 Å². The number of rotatable bonds is 4. The van der Waals surface area contributed by atoms with Gasteiger partial charge in [0.05, 0.1) is 23.0 Å². The minimum Gasteiger partial charge on any atom is -0.352 e. The summed E-state index contributed by atoms with van der Waals surface area (Å²) >= 11 is 5.47. The number of anilines is 2. The second-order valence-electron chi connectivity index (χ2n) is 7.87. The van der Waals surface area contributed by atoms with Crippen molar-refractivity contribution in [2.45, 2.75) is 37.9 Å². The number of halogens is 4. The van der Waals surface area contributed by atoms with Crippen LogP contribution >= 0.6 is 12.2 Å². The van der Waals surface area contributed by atoms with E-state index in [1.807, 2.05) is 0 Å². The van der Waals surface area contributed by atoms with Crippen LogP contribution in [-0.2, 0) is 11.0 Å². The van der Waals surface area contributed by atoms with Gasteiger partial charge in [0, 0.05) is 12.2 Å². The van der Waals surface area contributed by atoms with Crippen LogP contribution < -0.4 is 15.1 Å². The second-order valence-corrected chi connectivity index (χ2v) is 8.23. The molecule has 4 rings (SSSR count). The Morgan fingerprint density at radius 1 is 1.29 bits per heavy atom. The number of nitrogens with zero attached hydrogens (tertiary/aromatic N) is 4. The predicted octanol–water partition coefficient (Wildman–Crippen LogP) is 3.92. The number of carbonyl (C=O) groups is 2. The number of nitriles is 1. The summed E-state index contributed by atoms with van der Waals surface area (Å²) in [7, 11) is 0. The monoisotopic (exact) mass is 491 g/mol. The molecular formula is C22H17F4N5O2S. The summed E-state index contributed by atoms with van der Waals surface area (Å²) in [6, 6.07) is 5.83. The second kappa shape index (κ2) is 8.32. The molecule has 2 heterocycles. The van der Waals surface area contributed by atoms with Crippen molar-refractivity contribution in [3.8, 4) is 6.07 Å². The summed E-state index contributed by atoms with van der Waals surface area (Å²) in [5.74, 6) is -1.99. The third kappa shape index (κ3) is 3.56. The Morgan fingerprint density at radius 3 is 2.53 bits per heavy atom. The number of nitrogens with one attached hydrogen (secondary N) is 1. The van der Waals surface area contributed by atoms with Crippen molar-refractivity contribution in [1.29, 1.82) is 5.26 Å². The summed E-state index contributed by atoms with van der Waals surface area (Å²) in [6.45, 7) is 2.00. The Kier molecular flexibility index (Phi) is 5.77. The molecule has 2 amide bonds. The first kappa shape index (κ1) is 23.6. The maximum absolute atomic E-state index is 14.8. The third-order valence-electron chi connectivity index (χ3n) is 5.93. The van der Waals surface area contributed by atoms with Gasteiger partial charge in [-0.2, -0.15) is 18.4 Å². The van der Waals surface area contributed by atoms with E-state index in [2.05, 4.69) is 10.3 Å². The summed E-state index contributed by atoms with van der Waals surface area (Å²) in [6.07, 6.45) is -2.51. The van der Waals surface area contributed by atoms with E-state index in [1.54, 1.807) is 6.92 Å². The normalized spacial score (nSPS) is 17.1. The fraction of sp³-hybridized carbons (Fsp3) is 0.318. The molecule has 1 saturated heterocycles. The molecular weight excluding hydrogens is 474 g/mol. The third-order valence-corrected chi connectivity index (χ3v) is 6.29. The molecule has 2 aromatic rings. The molecule has 0 atom stereocenters. The Morgan fingerprint density at radius 2 is 2.00 bits per heavy atom. The molecule has 2 fully saturated rings. The zero-order valence-corrected chi connectivity index (χ0v) is 18.6. The van der Waals surface area contributed by atoms with Gasteiger partial charge in [0.2, 0.25) is 0 Å². The van der Waals surface area contributed by atoms with Crippen LogP contribution in [0.1, 0.15) is 47.8 Å². The lowest BCUT2D eigenvalue weighted by atomic mass is 9.75. The highest BCUT2D eigenvalue weighted by Crippen LogP contribution is 2.48. The highest BCUT2D eigenvalue weighted by molar-refractivity contribution is 7.81. The van der Waals surface area contributed by atoms with Crippen molar-refractivity contribution in [3.63, 3.8) is 0 Å². The largest absolute Gasteiger partial charge is 0.419 e. The molecule has 0 unspecified atom stereocenters. The van der Waals surface area contributed by atoms with Crippen LogP contribution in [-0.4, -0.2) is 34.0 Å². The average molecular weight is 491 g/mol. The molecule has 0 bridgehead atoms. The number of pyridine rings is 1. The fourth-order valence-corrected chi connectivity index (χ4v) is 4.64. The molecule has 7 nitrogen and oxygen atoms in total. The average Bonchev–Trinajstić information content (AvgIpc) is 2.99. The van der Waals surface area contributed by atoms with Gasteiger partial charge in [-0.15, -0.1) is 0 Å². The van der Waals surface area contributed by atoms with Crippen LogP contribution in [0.25, 0.3) is 0 Å². The zero-order chi connectivity index (χ0) is 24.8. The first-order valence-electron chi connectivity index (χ1n) is 10.3. The van der Waals surface area contributed by atoms with E-state index in [4.69, 9.17) is 17.5 Å². The Balaban J connectivity index is 1.78. The number of amides is 2. The van der Waals surface area contributed by atoms with Crippen molar-refractivity contribution >= 4 is 40.5 Å². The molecule has 12 heteroatoms. The Hall–Kier alpha value is -3.59. The molecule has 1 saturated carbocycles. The van der Waals surface area contributed by atoms with Gasteiger partial charge < -0.3 is 10.2 Å². The first-order valence-corrected chi connectivity index (χ1v) is 10.7. The molecule has 1 aromatic heterocycles. The van der Waals surface area contributed by atoms with Crippen LogP contribution in [0.2, 0.25) is 0 Å². The van der Waals surface area contributed by atoms with Gasteiger partial charge in [-0.25, -0.2) is 9.37 Å². The minimum absolute atomic E-state index is 0.144. The lowest BCUT2D eigenvalue weighted by Gasteiger charge is -2.43. The van der Waals surface area contributed by atoms with Gasteiger partial charge >= 0.3 is 6.18 Å². The smallest absolute Gasteiger partial charge is 0.352 e. The van der Waals surface area contributed by atoms with E-state index in [0.29, 0.717) is 31.9 Å². The number of aromatic nitrogens is 1. The van der Waals surface area contributed by atoms with E-state index >= 15 is 0 Å². The summed E-state index contributed by atoms with van der Waals surface area (Å²) in [5.41, 5.74) is -3.53. The van der Waals surface area contributed by atoms with E-state index in [1.165, 1.54) is 23.1 Å². The standard InChI is InChI=1S/C22H17F4N5O2S/c1-2-28-18(32)14-5-4-12(9-16(14)23)31-20(34)30(19(33)21(31)6-3-7-21)13-8-15(22(24,25)26)17(10-27)29-11-13/h4-5,8-9,11H,2-3,6-7H2,1H3,(H,28,32). The van der Waals surface area contributed by atoms with Crippen LogP contribution in [0.3, 0.4) is 0 Å². The molecule has 176 valence electrons. The lowest BCUT2D eigenvalue weighted by Crippen LogP contribution is -2.55. The van der Waals surface area contributed by atoms with E-state index in [0.717, 1.165) is 17.2 Å². The predicted molar refractivity (Wildman–Crippen MR) is 118 cm³/mol. The van der Waals surface area contributed by atoms with Gasteiger partial charge in [0.25, 0.3) is 11.8 Å². The number of benzene rings is 1. The van der Waals surface area contributed by atoms with Gasteiger partial charge in [0.1, 0.15) is 17.4 Å². The number of thiocarbonyl (C=S) groups is 1. The van der Waals surface area contributed by atoms with E-state index in [9.17, 15) is 27.2 Å². The Bertz CT molecular complexity index is 1250. The minimum atomic E-state index is -4.87. The maximum Gasteiger partial charge on any atom is 0.419 e. The number of carbonyl (C=O) groups excluding carboxylic acids is 2. The topological polar surface area (TPSA) is 89.3 Å². The molecule has 1 aliphatic carbocycles. The molecule has 34 heavy (non-hydrogen) atoms. The van der Waals surface area contributed by atoms with Crippen molar-refractivity contribution in [2.75, 3.05) is 16.3 Å². The van der Waals surface area contributed by atoms with Gasteiger partial charge in [0.15, 0.2) is 10.8 Å². The highest BCUT2D eigenvalue weighted by Gasteiger charge is 2.59. The SMILES string of the molecule is CCNC(=O)c1ccc(N2C(=S)N(c3cnc(C#N)c(C(F)(F)F)c3)C(=O)C23CCC3)cc1F. The molecule has 0 radical (unpaired) electrons. The maximum atomic E-state index is 14.8. The van der Waals surface area contributed by atoms with Gasteiger partial charge in [-0.3, -0.25) is 14.5 Å². The van der Waals surface area contributed by atoms with Crippen LogP contribution in [0.15, 0.2) is 30.5 Å². The molecule has 1 aliphatic heterocycles. The van der Waals surface area contributed by atoms with Gasteiger partial charge in [-0.05, 0) is 62.7 Å².